The first-order valence-corrected chi connectivity index (χ1v) is 7.26. The molecule has 1 heterocycles. The number of piperidine rings is 1. The number of amides is 1. The van der Waals surface area contributed by atoms with E-state index in [1.807, 2.05) is 4.90 Å². The van der Waals surface area contributed by atoms with E-state index in [0.717, 1.165) is 38.2 Å². The monoisotopic (exact) mass is 260 g/mol. The molecule has 2 rings (SSSR count). The maximum Gasteiger partial charge on any atom is 0.224 e. The van der Waals surface area contributed by atoms with Gasteiger partial charge in [-0.05, 0) is 56.4 Å². The average Bonchev–Trinajstić information content (AvgIpc) is 2.43. The lowest BCUT2D eigenvalue weighted by molar-refractivity contribution is -0.131. The van der Waals surface area contributed by atoms with Gasteiger partial charge in [-0.2, -0.15) is 0 Å². The Hall–Kier alpha value is -1.51. The Morgan fingerprint density at radius 1 is 1.16 bits per heavy atom. The highest BCUT2D eigenvalue weighted by Crippen LogP contribution is 2.14. The molecule has 1 aromatic carbocycles. The van der Waals surface area contributed by atoms with Crippen molar-refractivity contribution in [2.45, 2.75) is 39.5 Å². The number of carbonyl (C=O) groups is 1. The molecule has 1 aromatic rings. The van der Waals surface area contributed by atoms with Gasteiger partial charge in [-0.25, -0.2) is 0 Å². The number of anilines is 1. The second-order valence-electron chi connectivity index (χ2n) is 5.42. The second kappa shape index (κ2) is 6.60. The molecule has 1 aliphatic heterocycles. The highest BCUT2D eigenvalue weighted by molar-refractivity contribution is 5.76. The number of aryl methyl sites for hydroxylation is 2. The maximum atomic E-state index is 12.0. The molecule has 104 valence electrons. The van der Waals surface area contributed by atoms with Crippen LogP contribution in [0.15, 0.2) is 18.2 Å². The zero-order chi connectivity index (χ0) is 13.7. The molecular formula is C16H24N2O. The van der Waals surface area contributed by atoms with Gasteiger partial charge in [-0.1, -0.05) is 6.07 Å². The number of benzene rings is 1. The number of nitrogens with zero attached hydrogens (tertiary/aromatic N) is 1. The Morgan fingerprint density at radius 3 is 2.58 bits per heavy atom. The topological polar surface area (TPSA) is 32.3 Å². The minimum atomic E-state index is 0.288. The smallest absolute Gasteiger partial charge is 0.224 e. The van der Waals surface area contributed by atoms with Crippen LogP contribution in [0.1, 0.15) is 36.8 Å². The molecule has 0 spiro atoms. The summed E-state index contributed by atoms with van der Waals surface area (Å²) in [6.45, 7) is 6.83. The van der Waals surface area contributed by atoms with E-state index < -0.39 is 0 Å². The molecule has 1 aliphatic rings. The van der Waals surface area contributed by atoms with Gasteiger partial charge in [-0.3, -0.25) is 4.79 Å². The first-order valence-electron chi connectivity index (χ1n) is 7.26. The van der Waals surface area contributed by atoms with Crippen molar-refractivity contribution in [2.75, 3.05) is 25.0 Å². The van der Waals surface area contributed by atoms with Gasteiger partial charge in [0.25, 0.3) is 0 Å². The average molecular weight is 260 g/mol. The molecule has 0 atom stereocenters. The quantitative estimate of drug-likeness (QED) is 0.902. The molecule has 1 saturated heterocycles. The van der Waals surface area contributed by atoms with Gasteiger partial charge >= 0.3 is 0 Å². The van der Waals surface area contributed by atoms with Crippen molar-refractivity contribution in [1.82, 2.24) is 4.90 Å². The summed E-state index contributed by atoms with van der Waals surface area (Å²) >= 11 is 0. The third-order valence-corrected chi connectivity index (χ3v) is 3.88. The zero-order valence-corrected chi connectivity index (χ0v) is 12.0. The molecule has 0 unspecified atom stereocenters. The molecule has 1 amide bonds. The molecule has 1 fully saturated rings. The lowest BCUT2D eigenvalue weighted by atomic mass is 10.1. The first-order chi connectivity index (χ1) is 9.16. The number of likely N-dealkylation sites (tertiary alicyclic amines) is 1. The van der Waals surface area contributed by atoms with Crippen LogP contribution in [-0.2, 0) is 4.79 Å². The molecule has 0 aromatic heterocycles. The highest BCUT2D eigenvalue weighted by Gasteiger charge is 2.15. The van der Waals surface area contributed by atoms with Crippen molar-refractivity contribution in [3.8, 4) is 0 Å². The summed E-state index contributed by atoms with van der Waals surface area (Å²) < 4.78 is 0. The van der Waals surface area contributed by atoms with Crippen molar-refractivity contribution >= 4 is 11.6 Å². The normalized spacial score (nSPS) is 15.4. The van der Waals surface area contributed by atoms with Crippen LogP contribution in [0, 0.1) is 13.8 Å². The molecule has 0 saturated carbocycles. The van der Waals surface area contributed by atoms with Crippen LogP contribution in [0.2, 0.25) is 0 Å². The summed E-state index contributed by atoms with van der Waals surface area (Å²) in [5.74, 6) is 0.288. The Bertz CT molecular complexity index is 436. The maximum absolute atomic E-state index is 12.0. The standard InChI is InChI=1S/C16H24N2O/c1-13-6-7-15(12-14(13)2)17-9-8-16(19)18-10-4-3-5-11-18/h6-7,12,17H,3-5,8-11H2,1-2H3. The summed E-state index contributed by atoms with van der Waals surface area (Å²) in [6.07, 6.45) is 4.18. The third-order valence-electron chi connectivity index (χ3n) is 3.88. The number of hydrogen-bond donors (Lipinski definition) is 1. The zero-order valence-electron chi connectivity index (χ0n) is 12.0. The van der Waals surface area contributed by atoms with Crippen LogP contribution in [0.25, 0.3) is 0 Å². The molecule has 0 aliphatic carbocycles. The Labute approximate surface area is 116 Å². The lowest BCUT2D eigenvalue weighted by Gasteiger charge is -2.26. The van der Waals surface area contributed by atoms with Crippen LogP contribution in [0.3, 0.4) is 0 Å². The fourth-order valence-corrected chi connectivity index (χ4v) is 2.47. The first kappa shape index (κ1) is 13.9. The van der Waals surface area contributed by atoms with Crippen LogP contribution >= 0.6 is 0 Å². The van der Waals surface area contributed by atoms with Crippen LogP contribution in [-0.4, -0.2) is 30.4 Å². The molecule has 1 N–H and O–H groups in total. The van der Waals surface area contributed by atoms with Crippen LogP contribution < -0.4 is 5.32 Å². The van der Waals surface area contributed by atoms with E-state index in [-0.39, 0.29) is 5.91 Å². The Kier molecular flexibility index (Phi) is 4.83. The minimum absolute atomic E-state index is 0.288. The minimum Gasteiger partial charge on any atom is -0.385 e. The summed E-state index contributed by atoms with van der Waals surface area (Å²) in [6, 6.07) is 6.33. The number of nitrogens with one attached hydrogen (secondary N) is 1. The van der Waals surface area contributed by atoms with E-state index in [1.54, 1.807) is 0 Å². The van der Waals surface area contributed by atoms with Gasteiger partial charge in [0.2, 0.25) is 5.91 Å². The van der Waals surface area contributed by atoms with Gasteiger partial charge in [-0.15, -0.1) is 0 Å². The van der Waals surface area contributed by atoms with Crippen molar-refractivity contribution in [3.63, 3.8) is 0 Å². The van der Waals surface area contributed by atoms with Gasteiger partial charge in [0.15, 0.2) is 0 Å². The van der Waals surface area contributed by atoms with Gasteiger partial charge in [0, 0.05) is 31.7 Å². The summed E-state index contributed by atoms with van der Waals surface area (Å²) in [5.41, 5.74) is 3.69. The fourth-order valence-electron chi connectivity index (χ4n) is 2.47. The van der Waals surface area contributed by atoms with Crippen LogP contribution in [0.4, 0.5) is 5.69 Å². The largest absolute Gasteiger partial charge is 0.385 e. The second-order valence-corrected chi connectivity index (χ2v) is 5.42. The summed E-state index contributed by atoms with van der Waals surface area (Å²) in [7, 11) is 0. The van der Waals surface area contributed by atoms with E-state index in [0.29, 0.717) is 6.42 Å². The van der Waals surface area contributed by atoms with Gasteiger partial charge in [0.1, 0.15) is 0 Å². The molecular weight excluding hydrogens is 236 g/mol. The van der Waals surface area contributed by atoms with Crippen molar-refractivity contribution < 1.29 is 4.79 Å². The predicted octanol–water partition coefficient (Wildman–Crippen LogP) is 3.12. The fraction of sp³-hybridized carbons (Fsp3) is 0.562. The SMILES string of the molecule is Cc1ccc(NCCC(=O)N2CCCCC2)cc1C. The molecule has 3 nitrogen and oxygen atoms in total. The van der Waals surface area contributed by atoms with Crippen LogP contribution in [0.5, 0.6) is 0 Å². The van der Waals surface area contributed by atoms with Gasteiger partial charge in [0.05, 0.1) is 0 Å². The predicted molar refractivity (Wildman–Crippen MR) is 79.5 cm³/mol. The van der Waals surface area contributed by atoms with E-state index in [1.165, 1.54) is 17.5 Å². The van der Waals surface area contributed by atoms with E-state index in [4.69, 9.17) is 0 Å². The molecule has 19 heavy (non-hydrogen) atoms. The number of rotatable bonds is 4. The Morgan fingerprint density at radius 2 is 1.89 bits per heavy atom. The summed E-state index contributed by atoms with van der Waals surface area (Å²) in [4.78, 5) is 14.0. The molecule has 3 heteroatoms. The van der Waals surface area contributed by atoms with Crippen molar-refractivity contribution in [3.05, 3.63) is 29.3 Å². The number of carbonyl (C=O) groups excluding carboxylic acids is 1. The van der Waals surface area contributed by atoms with Crippen molar-refractivity contribution in [2.24, 2.45) is 0 Å². The van der Waals surface area contributed by atoms with Crippen molar-refractivity contribution in [1.29, 1.82) is 0 Å². The molecule has 0 bridgehead atoms. The Balaban J connectivity index is 1.76. The summed E-state index contributed by atoms with van der Waals surface area (Å²) in [5, 5.41) is 3.34. The van der Waals surface area contributed by atoms with Gasteiger partial charge < -0.3 is 10.2 Å². The highest BCUT2D eigenvalue weighted by atomic mass is 16.2. The third kappa shape index (κ3) is 3.98. The van der Waals surface area contributed by atoms with E-state index in [2.05, 4.69) is 37.4 Å². The van der Waals surface area contributed by atoms with E-state index in [9.17, 15) is 4.79 Å². The van der Waals surface area contributed by atoms with E-state index >= 15 is 0 Å². The lowest BCUT2D eigenvalue weighted by Crippen LogP contribution is -2.36. The number of hydrogen-bond acceptors (Lipinski definition) is 2. The molecule has 0 radical (unpaired) electrons.